The molecule has 2 aromatic rings. The number of aromatic nitrogens is 3. The predicted octanol–water partition coefficient (Wildman–Crippen LogP) is 1.29. The smallest absolute Gasteiger partial charge is 0.290 e. The van der Waals surface area contributed by atoms with Crippen LogP contribution in [0.25, 0.3) is 0 Å². The normalized spacial score (nSPS) is 19.5. The topological polar surface area (TPSA) is 98.1 Å². The number of likely N-dealkylation sites (tertiary alicyclic amines) is 1. The fourth-order valence-corrected chi connectivity index (χ4v) is 2.68. The third-order valence-electron chi connectivity index (χ3n) is 3.67. The van der Waals surface area contributed by atoms with Crippen molar-refractivity contribution in [1.29, 1.82) is 0 Å². The van der Waals surface area contributed by atoms with Gasteiger partial charge in [0.2, 0.25) is 5.89 Å². The van der Waals surface area contributed by atoms with Crippen molar-refractivity contribution in [1.82, 2.24) is 20.0 Å². The molecule has 1 atom stereocenters. The van der Waals surface area contributed by atoms with E-state index in [-0.39, 0.29) is 11.9 Å². The molecule has 3 heterocycles. The molecule has 21 heavy (non-hydrogen) atoms. The van der Waals surface area contributed by atoms with Gasteiger partial charge in [-0.25, -0.2) is 0 Å². The highest BCUT2D eigenvalue weighted by Crippen LogP contribution is 2.30. The lowest BCUT2D eigenvalue weighted by atomic mass is 9.99. The molecular formula is C14H17N5O2. The minimum atomic E-state index is -0.676. The summed E-state index contributed by atoms with van der Waals surface area (Å²) in [6.45, 7) is 1.44. The lowest BCUT2D eigenvalue weighted by Gasteiger charge is -2.34. The largest absolute Gasteiger partial charge is 0.363 e. The van der Waals surface area contributed by atoms with Gasteiger partial charge < -0.3 is 10.3 Å². The molecule has 3 rings (SSSR count). The molecule has 1 unspecified atom stereocenters. The number of nitrogens with two attached hydrogens (primary N) is 1. The Balaban J connectivity index is 1.76. The van der Waals surface area contributed by atoms with Crippen LogP contribution in [0.2, 0.25) is 0 Å². The van der Waals surface area contributed by atoms with Crippen molar-refractivity contribution in [3.63, 3.8) is 0 Å². The van der Waals surface area contributed by atoms with E-state index in [1.54, 1.807) is 6.20 Å². The number of carbonyl (C=O) groups excluding carboxylic acids is 1. The Bertz CT molecular complexity index is 613. The van der Waals surface area contributed by atoms with Crippen molar-refractivity contribution in [3.8, 4) is 0 Å². The minimum Gasteiger partial charge on any atom is -0.363 e. The molecule has 2 N–H and O–H groups in total. The van der Waals surface area contributed by atoms with Gasteiger partial charge in [-0.1, -0.05) is 17.6 Å². The van der Waals surface area contributed by atoms with Gasteiger partial charge in [0.05, 0.1) is 18.3 Å². The van der Waals surface area contributed by atoms with Crippen molar-refractivity contribution >= 4 is 5.91 Å². The maximum absolute atomic E-state index is 11.0. The summed E-state index contributed by atoms with van der Waals surface area (Å²) in [6.07, 6.45) is 5.15. The first-order valence-corrected chi connectivity index (χ1v) is 7.01. The van der Waals surface area contributed by atoms with Crippen LogP contribution in [-0.2, 0) is 6.54 Å². The van der Waals surface area contributed by atoms with Gasteiger partial charge in [-0.2, -0.15) is 4.98 Å². The molecule has 7 nitrogen and oxygen atoms in total. The molecular weight excluding hydrogens is 270 g/mol. The molecule has 0 saturated carbocycles. The zero-order valence-electron chi connectivity index (χ0n) is 11.6. The van der Waals surface area contributed by atoms with Crippen LogP contribution in [0, 0.1) is 0 Å². The zero-order valence-corrected chi connectivity index (χ0v) is 11.6. The highest BCUT2D eigenvalue weighted by atomic mass is 16.5. The summed E-state index contributed by atoms with van der Waals surface area (Å²) in [7, 11) is 0. The Labute approximate surface area is 122 Å². The number of primary amides is 1. The summed E-state index contributed by atoms with van der Waals surface area (Å²) in [4.78, 5) is 21.7. The number of amides is 1. The summed E-state index contributed by atoms with van der Waals surface area (Å²) < 4.78 is 5.09. The molecule has 1 saturated heterocycles. The van der Waals surface area contributed by atoms with Crippen LogP contribution in [0.15, 0.2) is 28.9 Å². The van der Waals surface area contributed by atoms with E-state index >= 15 is 0 Å². The van der Waals surface area contributed by atoms with Crippen LogP contribution in [-0.4, -0.2) is 32.5 Å². The molecule has 0 spiro atoms. The number of nitrogens with zero attached hydrogens (tertiary/aromatic N) is 4. The minimum absolute atomic E-state index is 0.0728. The third kappa shape index (κ3) is 3.08. The highest BCUT2D eigenvalue weighted by molar-refractivity contribution is 5.88. The van der Waals surface area contributed by atoms with Crippen LogP contribution < -0.4 is 5.73 Å². The first kappa shape index (κ1) is 13.7. The van der Waals surface area contributed by atoms with Crippen LogP contribution >= 0.6 is 0 Å². The molecule has 0 bridgehead atoms. The van der Waals surface area contributed by atoms with Crippen LogP contribution in [0.3, 0.4) is 0 Å². The molecule has 0 aliphatic carbocycles. The van der Waals surface area contributed by atoms with E-state index in [0.29, 0.717) is 12.4 Å². The summed E-state index contributed by atoms with van der Waals surface area (Å²) in [6, 6.07) is 6.18. The van der Waals surface area contributed by atoms with Crippen molar-refractivity contribution in [2.45, 2.75) is 31.8 Å². The molecule has 1 fully saturated rings. The summed E-state index contributed by atoms with van der Waals surface area (Å²) in [5.74, 6) is -0.340. The van der Waals surface area contributed by atoms with Gasteiger partial charge in [-0.3, -0.25) is 14.7 Å². The SMILES string of the molecule is NC(=O)c1noc(CN2CCCCC2c2ccccn2)n1. The third-order valence-corrected chi connectivity index (χ3v) is 3.67. The Morgan fingerprint density at radius 1 is 1.43 bits per heavy atom. The maximum Gasteiger partial charge on any atom is 0.290 e. The van der Waals surface area contributed by atoms with Gasteiger partial charge in [0.25, 0.3) is 11.7 Å². The number of hydrogen-bond donors (Lipinski definition) is 1. The van der Waals surface area contributed by atoms with Crippen molar-refractivity contribution in [3.05, 3.63) is 41.8 Å². The number of piperidine rings is 1. The summed E-state index contributed by atoms with van der Waals surface area (Å²) in [5.41, 5.74) is 6.18. The first-order chi connectivity index (χ1) is 10.2. The van der Waals surface area contributed by atoms with E-state index in [1.165, 1.54) is 6.42 Å². The molecule has 0 radical (unpaired) electrons. The second kappa shape index (κ2) is 6.01. The Morgan fingerprint density at radius 2 is 2.33 bits per heavy atom. The zero-order chi connectivity index (χ0) is 14.7. The lowest BCUT2D eigenvalue weighted by Crippen LogP contribution is -2.33. The van der Waals surface area contributed by atoms with Gasteiger partial charge >= 0.3 is 0 Å². The quantitative estimate of drug-likeness (QED) is 0.909. The molecule has 1 aliphatic rings. The lowest BCUT2D eigenvalue weighted by molar-refractivity contribution is 0.0987. The van der Waals surface area contributed by atoms with E-state index in [4.69, 9.17) is 10.3 Å². The average Bonchev–Trinajstić information content (AvgIpc) is 2.98. The monoisotopic (exact) mass is 287 g/mol. The second-order valence-electron chi connectivity index (χ2n) is 5.11. The molecule has 7 heteroatoms. The van der Waals surface area contributed by atoms with Crippen molar-refractivity contribution in [2.75, 3.05) is 6.54 Å². The molecule has 1 aliphatic heterocycles. The summed E-state index contributed by atoms with van der Waals surface area (Å²) in [5, 5.41) is 3.58. The van der Waals surface area contributed by atoms with E-state index in [2.05, 4.69) is 20.0 Å². The first-order valence-electron chi connectivity index (χ1n) is 7.01. The molecule has 110 valence electrons. The highest BCUT2D eigenvalue weighted by Gasteiger charge is 2.26. The van der Waals surface area contributed by atoms with Crippen molar-refractivity contribution in [2.24, 2.45) is 5.73 Å². The van der Waals surface area contributed by atoms with Gasteiger partial charge in [-0.05, 0) is 31.5 Å². The van der Waals surface area contributed by atoms with Crippen LogP contribution in [0.1, 0.15) is 47.5 Å². The fraction of sp³-hybridized carbons (Fsp3) is 0.429. The van der Waals surface area contributed by atoms with Crippen LogP contribution in [0.4, 0.5) is 0 Å². The van der Waals surface area contributed by atoms with Gasteiger partial charge in [0.15, 0.2) is 0 Å². The molecule has 1 amide bonds. The van der Waals surface area contributed by atoms with E-state index in [9.17, 15) is 4.79 Å². The van der Waals surface area contributed by atoms with Gasteiger partial charge in [-0.15, -0.1) is 0 Å². The number of pyridine rings is 1. The molecule has 0 aromatic carbocycles. The fourth-order valence-electron chi connectivity index (χ4n) is 2.68. The average molecular weight is 287 g/mol. The number of hydrogen-bond acceptors (Lipinski definition) is 6. The summed E-state index contributed by atoms with van der Waals surface area (Å²) >= 11 is 0. The Hall–Kier alpha value is -2.28. The second-order valence-corrected chi connectivity index (χ2v) is 5.11. The number of rotatable bonds is 4. The predicted molar refractivity (Wildman–Crippen MR) is 74.1 cm³/mol. The van der Waals surface area contributed by atoms with Crippen molar-refractivity contribution < 1.29 is 9.32 Å². The maximum atomic E-state index is 11.0. The van der Waals surface area contributed by atoms with E-state index in [0.717, 1.165) is 25.1 Å². The standard InChI is InChI=1S/C14H17N5O2/c15-13(20)14-17-12(21-18-14)9-19-8-4-2-6-11(19)10-5-1-3-7-16-10/h1,3,5,7,11H,2,4,6,8-9H2,(H2,15,20). The van der Waals surface area contributed by atoms with Crippen LogP contribution in [0.5, 0.6) is 0 Å². The van der Waals surface area contributed by atoms with Gasteiger partial charge in [0, 0.05) is 6.20 Å². The van der Waals surface area contributed by atoms with E-state index < -0.39 is 5.91 Å². The van der Waals surface area contributed by atoms with Gasteiger partial charge in [0.1, 0.15) is 0 Å². The van der Waals surface area contributed by atoms with E-state index in [1.807, 2.05) is 18.2 Å². The Kier molecular flexibility index (Phi) is 3.92. The Morgan fingerprint density at radius 3 is 3.05 bits per heavy atom. The molecule has 2 aromatic heterocycles. The number of carbonyl (C=O) groups is 1.